The van der Waals surface area contributed by atoms with Crippen LogP contribution in [-0.2, 0) is 0 Å². The Balaban J connectivity index is 1.43. The van der Waals surface area contributed by atoms with Crippen LogP contribution in [0.1, 0.15) is 69.2 Å². The average Bonchev–Trinajstić information content (AvgIpc) is 3.52. The van der Waals surface area contributed by atoms with Gasteiger partial charge in [0.2, 0.25) is 5.95 Å². The van der Waals surface area contributed by atoms with Gasteiger partial charge in [0.25, 0.3) is 0 Å². The standard InChI is InChI=1S/C27H32N6/c1-17-15-29-26(30-18(2)20-8-6-9-21(14-20)32-27(3,4)5)31-24(17)23-16-28-25-22(19-11-12-19)10-7-13-33(23)25/h6-10,13-16,18-19,32H,11-12H2,1-5H3,(H,29,30,31)/t18-/m0/s1. The number of hydrogen-bond donors (Lipinski definition) is 2. The second kappa shape index (κ2) is 8.18. The van der Waals surface area contributed by atoms with Gasteiger partial charge in [-0.3, -0.25) is 4.40 Å². The van der Waals surface area contributed by atoms with Crippen LogP contribution < -0.4 is 10.6 Å². The zero-order valence-electron chi connectivity index (χ0n) is 20.1. The van der Waals surface area contributed by atoms with Crippen LogP contribution in [0.3, 0.4) is 0 Å². The van der Waals surface area contributed by atoms with E-state index >= 15 is 0 Å². The number of anilines is 2. The number of nitrogens with zero attached hydrogens (tertiary/aromatic N) is 4. The molecule has 5 rings (SSSR count). The number of nitrogens with one attached hydrogen (secondary N) is 2. The third-order valence-corrected chi connectivity index (χ3v) is 6.05. The molecule has 0 saturated heterocycles. The van der Waals surface area contributed by atoms with Crippen molar-refractivity contribution in [2.75, 3.05) is 10.6 Å². The summed E-state index contributed by atoms with van der Waals surface area (Å²) >= 11 is 0. The van der Waals surface area contributed by atoms with E-state index in [2.05, 4.69) is 90.3 Å². The number of benzene rings is 1. The molecular formula is C27H32N6. The summed E-state index contributed by atoms with van der Waals surface area (Å²) in [6, 6.07) is 12.9. The molecule has 0 spiro atoms. The van der Waals surface area contributed by atoms with E-state index in [0.717, 1.165) is 28.3 Å². The van der Waals surface area contributed by atoms with Crippen molar-refractivity contribution in [2.24, 2.45) is 0 Å². The smallest absolute Gasteiger partial charge is 0.223 e. The predicted octanol–water partition coefficient (Wildman–Crippen LogP) is 6.36. The van der Waals surface area contributed by atoms with Crippen LogP contribution in [0.4, 0.5) is 11.6 Å². The normalized spacial score (nSPS) is 14.9. The summed E-state index contributed by atoms with van der Waals surface area (Å²) in [6.07, 6.45) is 8.42. The first-order valence-corrected chi connectivity index (χ1v) is 11.7. The Labute approximate surface area is 195 Å². The Kier molecular flexibility index (Phi) is 5.31. The van der Waals surface area contributed by atoms with Crippen molar-refractivity contribution in [2.45, 2.75) is 65.0 Å². The van der Waals surface area contributed by atoms with E-state index in [-0.39, 0.29) is 11.6 Å². The van der Waals surface area contributed by atoms with E-state index < -0.39 is 0 Å². The number of aryl methyl sites for hydroxylation is 1. The fourth-order valence-corrected chi connectivity index (χ4v) is 4.29. The van der Waals surface area contributed by atoms with Gasteiger partial charge in [0.05, 0.1) is 23.6 Å². The molecule has 1 saturated carbocycles. The molecule has 1 atom stereocenters. The Morgan fingerprint density at radius 2 is 1.88 bits per heavy atom. The molecule has 2 N–H and O–H groups in total. The average molecular weight is 441 g/mol. The van der Waals surface area contributed by atoms with Crippen LogP contribution in [0.2, 0.25) is 0 Å². The van der Waals surface area contributed by atoms with Crippen LogP contribution >= 0.6 is 0 Å². The van der Waals surface area contributed by atoms with E-state index in [4.69, 9.17) is 9.97 Å². The van der Waals surface area contributed by atoms with Gasteiger partial charge in [-0.25, -0.2) is 15.0 Å². The predicted molar refractivity (Wildman–Crippen MR) is 135 cm³/mol. The molecule has 6 heteroatoms. The zero-order valence-corrected chi connectivity index (χ0v) is 20.1. The van der Waals surface area contributed by atoms with Gasteiger partial charge in [0.15, 0.2) is 0 Å². The number of fused-ring (bicyclic) bond motifs is 1. The van der Waals surface area contributed by atoms with Gasteiger partial charge in [-0.1, -0.05) is 18.2 Å². The molecule has 0 radical (unpaired) electrons. The first-order valence-electron chi connectivity index (χ1n) is 11.7. The van der Waals surface area contributed by atoms with Crippen molar-refractivity contribution in [1.82, 2.24) is 19.4 Å². The molecule has 0 bridgehead atoms. The van der Waals surface area contributed by atoms with E-state index in [1.54, 1.807) is 0 Å². The number of imidazole rings is 1. The van der Waals surface area contributed by atoms with E-state index in [0.29, 0.717) is 11.9 Å². The lowest BCUT2D eigenvalue weighted by Gasteiger charge is -2.23. The van der Waals surface area contributed by atoms with Crippen LogP contribution in [0.5, 0.6) is 0 Å². The maximum Gasteiger partial charge on any atom is 0.223 e. The number of hydrogen-bond acceptors (Lipinski definition) is 5. The van der Waals surface area contributed by atoms with Crippen LogP contribution in [0.25, 0.3) is 17.0 Å². The van der Waals surface area contributed by atoms with Crippen LogP contribution in [0, 0.1) is 6.92 Å². The molecule has 0 unspecified atom stereocenters. The maximum absolute atomic E-state index is 4.90. The first-order chi connectivity index (χ1) is 15.8. The molecule has 6 nitrogen and oxygen atoms in total. The third kappa shape index (κ3) is 4.56. The summed E-state index contributed by atoms with van der Waals surface area (Å²) in [5, 5.41) is 7.03. The van der Waals surface area contributed by atoms with Crippen molar-refractivity contribution < 1.29 is 0 Å². The van der Waals surface area contributed by atoms with Crippen molar-refractivity contribution in [3.8, 4) is 11.4 Å². The molecule has 1 aromatic carbocycles. The first kappa shape index (κ1) is 21.4. The highest BCUT2D eigenvalue weighted by Gasteiger charge is 2.27. The Bertz CT molecular complexity index is 1300. The number of rotatable bonds is 6. The number of pyridine rings is 1. The minimum atomic E-state index is 0.0116. The van der Waals surface area contributed by atoms with Crippen LogP contribution in [-0.4, -0.2) is 24.9 Å². The minimum Gasteiger partial charge on any atom is -0.380 e. The number of aromatic nitrogens is 4. The van der Waals surface area contributed by atoms with Gasteiger partial charge in [0, 0.05) is 23.6 Å². The fourth-order valence-electron chi connectivity index (χ4n) is 4.29. The Morgan fingerprint density at radius 1 is 1.06 bits per heavy atom. The van der Waals surface area contributed by atoms with E-state index in [1.807, 2.05) is 19.3 Å². The van der Waals surface area contributed by atoms with Gasteiger partial charge < -0.3 is 10.6 Å². The second-order valence-corrected chi connectivity index (χ2v) is 10.2. The van der Waals surface area contributed by atoms with E-state index in [1.165, 1.54) is 24.0 Å². The molecule has 0 amide bonds. The molecule has 3 heterocycles. The monoisotopic (exact) mass is 440 g/mol. The highest BCUT2D eigenvalue weighted by molar-refractivity contribution is 5.66. The summed E-state index contributed by atoms with van der Waals surface area (Å²) in [4.78, 5) is 14.2. The summed E-state index contributed by atoms with van der Waals surface area (Å²) in [5.41, 5.74) is 7.61. The molecule has 3 aromatic heterocycles. The van der Waals surface area contributed by atoms with Gasteiger partial charge in [-0.05, 0) is 88.3 Å². The molecular weight excluding hydrogens is 408 g/mol. The third-order valence-electron chi connectivity index (χ3n) is 6.05. The van der Waals surface area contributed by atoms with Crippen molar-refractivity contribution >= 4 is 17.3 Å². The van der Waals surface area contributed by atoms with Gasteiger partial charge in [-0.2, -0.15) is 0 Å². The molecule has 1 fully saturated rings. The Morgan fingerprint density at radius 3 is 2.64 bits per heavy atom. The van der Waals surface area contributed by atoms with Crippen LogP contribution in [0.15, 0.2) is 55.0 Å². The lowest BCUT2D eigenvalue weighted by molar-refractivity contribution is 0.634. The summed E-state index contributed by atoms with van der Waals surface area (Å²) in [6.45, 7) is 10.7. The summed E-state index contributed by atoms with van der Waals surface area (Å²) in [5.74, 6) is 1.27. The molecule has 4 aromatic rings. The SMILES string of the molecule is Cc1cnc(N[C@@H](C)c2cccc(NC(C)(C)C)c2)nc1-c1cnc2c(C3CC3)cccn12. The highest BCUT2D eigenvalue weighted by Crippen LogP contribution is 2.42. The van der Waals surface area contributed by atoms with Gasteiger partial charge >= 0.3 is 0 Å². The lowest BCUT2D eigenvalue weighted by Crippen LogP contribution is -2.26. The highest BCUT2D eigenvalue weighted by atomic mass is 15.1. The topological polar surface area (TPSA) is 67.1 Å². The zero-order chi connectivity index (χ0) is 23.2. The van der Waals surface area contributed by atoms with Gasteiger partial charge in [-0.15, -0.1) is 0 Å². The molecule has 0 aliphatic heterocycles. The van der Waals surface area contributed by atoms with E-state index in [9.17, 15) is 0 Å². The maximum atomic E-state index is 4.90. The fraction of sp³-hybridized carbons (Fsp3) is 0.370. The molecule has 33 heavy (non-hydrogen) atoms. The van der Waals surface area contributed by atoms with Crippen molar-refractivity contribution in [1.29, 1.82) is 0 Å². The lowest BCUT2D eigenvalue weighted by atomic mass is 10.1. The van der Waals surface area contributed by atoms with Gasteiger partial charge in [0.1, 0.15) is 5.65 Å². The summed E-state index contributed by atoms with van der Waals surface area (Å²) in [7, 11) is 0. The van der Waals surface area contributed by atoms with Crippen molar-refractivity contribution in [3.05, 3.63) is 71.7 Å². The largest absolute Gasteiger partial charge is 0.380 e. The summed E-state index contributed by atoms with van der Waals surface area (Å²) < 4.78 is 2.16. The quantitative estimate of drug-likeness (QED) is 0.365. The minimum absolute atomic E-state index is 0.0116. The second-order valence-electron chi connectivity index (χ2n) is 10.2. The van der Waals surface area contributed by atoms with Crippen molar-refractivity contribution in [3.63, 3.8) is 0 Å². The molecule has 1 aliphatic carbocycles. The molecule has 170 valence electrons. The Hall–Kier alpha value is -3.41. The molecule has 1 aliphatic rings.